The van der Waals surface area contributed by atoms with Gasteiger partial charge in [0.2, 0.25) is 0 Å². The molecule has 2 aromatic heterocycles. The van der Waals surface area contributed by atoms with E-state index in [9.17, 15) is 8.42 Å². The Morgan fingerprint density at radius 2 is 1.85 bits per heavy atom. The van der Waals surface area contributed by atoms with Crippen molar-refractivity contribution in [1.29, 1.82) is 0 Å². The number of aromatic amines is 1. The van der Waals surface area contributed by atoms with Crippen molar-refractivity contribution in [2.24, 2.45) is 0 Å². The average Bonchev–Trinajstić information content (AvgIpc) is 2.78. The summed E-state index contributed by atoms with van der Waals surface area (Å²) < 4.78 is 24.5. The summed E-state index contributed by atoms with van der Waals surface area (Å²) in [5, 5.41) is 0.198. The third-order valence-corrected chi connectivity index (χ3v) is 3.31. The van der Waals surface area contributed by atoms with E-state index in [0.29, 0.717) is 0 Å². The van der Waals surface area contributed by atoms with Crippen molar-refractivity contribution >= 4 is 10.0 Å². The predicted molar refractivity (Wildman–Crippen MR) is 47.8 cm³/mol. The van der Waals surface area contributed by atoms with Crippen molar-refractivity contribution in [3.8, 4) is 0 Å². The lowest BCUT2D eigenvalue weighted by Crippen LogP contribution is -2.10. The monoisotopic (exact) mass is 196 g/mol. The molecule has 2 heterocycles. The molecule has 2 rings (SSSR count). The van der Waals surface area contributed by atoms with Crippen LogP contribution in [0.2, 0.25) is 0 Å². The lowest BCUT2D eigenvalue weighted by Gasteiger charge is -2.01. The van der Waals surface area contributed by atoms with Gasteiger partial charge in [0.1, 0.15) is 0 Å². The average molecular weight is 196 g/mol. The highest BCUT2D eigenvalue weighted by Gasteiger charge is 2.15. The van der Waals surface area contributed by atoms with Crippen molar-refractivity contribution in [2.75, 3.05) is 0 Å². The molecule has 1 N–H and O–H groups in total. The molecule has 0 fully saturated rings. The number of H-pyrrole nitrogens is 1. The quantitative estimate of drug-likeness (QED) is 0.780. The first kappa shape index (κ1) is 8.12. The van der Waals surface area contributed by atoms with Gasteiger partial charge in [0, 0.05) is 18.6 Å². The molecule has 2 aromatic rings. The molecule has 0 bridgehead atoms. The second-order valence-corrected chi connectivity index (χ2v) is 4.36. The smallest absolute Gasteiger partial charge is 0.283 e. The van der Waals surface area contributed by atoms with E-state index >= 15 is 0 Å². The number of hydrogen-bond donors (Lipinski definition) is 1. The van der Waals surface area contributed by atoms with Crippen molar-refractivity contribution in [3.05, 3.63) is 42.9 Å². The SMILES string of the molecule is O=S(=O)(c1ccc[nH]1)n1cccc1. The van der Waals surface area contributed by atoms with Gasteiger partial charge in [0.05, 0.1) is 0 Å². The van der Waals surface area contributed by atoms with Crippen LogP contribution in [0.25, 0.3) is 0 Å². The highest BCUT2D eigenvalue weighted by molar-refractivity contribution is 7.89. The van der Waals surface area contributed by atoms with Crippen LogP contribution in [0, 0.1) is 0 Å². The highest BCUT2D eigenvalue weighted by Crippen LogP contribution is 2.09. The van der Waals surface area contributed by atoms with Crippen LogP contribution in [0.3, 0.4) is 0 Å². The Balaban J connectivity index is 2.56. The van der Waals surface area contributed by atoms with Crippen LogP contribution >= 0.6 is 0 Å². The van der Waals surface area contributed by atoms with E-state index < -0.39 is 10.0 Å². The summed E-state index contributed by atoms with van der Waals surface area (Å²) in [5.41, 5.74) is 0. The summed E-state index contributed by atoms with van der Waals surface area (Å²) in [5.74, 6) is 0. The Morgan fingerprint density at radius 3 is 2.38 bits per heavy atom. The second-order valence-electron chi connectivity index (χ2n) is 2.55. The zero-order valence-corrected chi connectivity index (χ0v) is 7.53. The maximum Gasteiger partial charge on any atom is 0.283 e. The summed E-state index contributed by atoms with van der Waals surface area (Å²) in [4.78, 5) is 2.66. The van der Waals surface area contributed by atoms with E-state index in [4.69, 9.17) is 0 Å². The van der Waals surface area contributed by atoms with Gasteiger partial charge in [-0.25, -0.2) is 3.97 Å². The molecule has 0 aliphatic rings. The first-order valence-electron chi connectivity index (χ1n) is 3.73. The van der Waals surface area contributed by atoms with E-state index in [1.807, 2.05) is 0 Å². The molecule has 13 heavy (non-hydrogen) atoms. The number of hydrogen-bond acceptors (Lipinski definition) is 2. The molecule has 5 heteroatoms. The fourth-order valence-electron chi connectivity index (χ4n) is 1.07. The zero-order valence-electron chi connectivity index (χ0n) is 6.71. The molecule has 0 unspecified atom stereocenters. The van der Waals surface area contributed by atoms with Crippen LogP contribution < -0.4 is 0 Å². The van der Waals surface area contributed by atoms with Crippen LogP contribution in [0.15, 0.2) is 47.9 Å². The Kier molecular flexibility index (Phi) is 1.73. The van der Waals surface area contributed by atoms with Crippen molar-refractivity contribution in [1.82, 2.24) is 8.96 Å². The maximum atomic E-state index is 11.7. The van der Waals surface area contributed by atoms with Crippen molar-refractivity contribution in [2.45, 2.75) is 5.03 Å². The largest absolute Gasteiger partial charge is 0.351 e. The first-order valence-corrected chi connectivity index (χ1v) is 5.17. The molecule has 0 aliphatic heterocycles. The van der Waals surface area contributed by atoms with Gasteiger partial charge < -0.3 is 4.98 Å². The zero-order chi connectivity index (χ0) is 9.31. The lowest BCUT2D eigenvalue weighted by atomic mass is 10.7. The van der Waals surface area contributed by atoms with Gasteiger partial charge in [-0.1, -0.05) is 0 Å². The Morgan fingerprint density at radius 1 is 1.15 bits per heavy atom. The molecule has 0 spiro atoms. The number of rotatable bonds is 2. The third-order valence-electron chi connectivity index (χ3n) is 1.70. The number of nitrogens with zero attached hydrogens (tertiary/aromatic N) is 1. The van der Waals surface area contributed by atoms with Gasteiger partial charge >= 0.3 is 0 Å². The molecular weight excluding hydrogens is 188 g/mol. The summed E-state index contributed by atoms with van der Waals surface area (Å²) in [7, 11) is -3.39. The summed E-state index contributed by atoms with van der Waals surface area (Å²) in [6, 6.07) is 6.51. The van der Waals surface area contributed by atoms with E-state index in [1.165, 1.54) is 22.4 Å². The molecule has 0 atom stereocenters. The molecule has 0 saturated carbocycles. The van der Waals surface area contributed by atoms with Gasteiger partial charge in [-0.2, -0.15) is 8.42 Å². The van der Waals surface area contributed by atoms with Crippen LogP contribution in [0.5, 0.6) is 0 Å². The van der Waals surface area contributed by atoms with Gasteiger partial charge in [0.15, 0.2) is 5.03 Å². The number of nitrogens with one attached hydrogen (secondary N) is 1. The molecule has 0 aliphatic carbocycles. The van der Waals surface area contributed by atoms with E-state index in [1.54, 1.807) is 24.4 Å². The minimum absolute atomic E-state index is 0.198. The molecule has 0 amide bonds. The van der Waals surface area contributed by atoms with E-state index in [2.05, 4.69) is 4.98 Å². The van der Waals surface area contributed by atoms with Gasteiger partial charge in [-0.15, -0.1) is 0 Å². The maximum absolute atomic E-state index is 11.7. The third kappa shape index (κ3) is 1.27. The van der Waals surface area contributed by atoms with E-state index in [0.717, 1.165) is 0 Å². The fraction of sp³-hybridized carbons (Fsp3) is 0. The topological polar surface area (TPSA) is 54.9 Å². The van der Waals surface area contributed by atoms with Crippen molar-refractivity contribution < 1.29 is 8.42 Å². The molecule has 0 radical (unpaired) electrons. The predicted octanol–water partition coefficient (Wildman–Crippen LogP) is 1.05. The number of aromatic nitrogens is 2. The van der Waals surface area contributed by atoms with Crippen LogP contribution in [0.1, 0.15) is 0 Å². The highest BCUT2D eigenvalue weighted by atomic mass is 32.2. The lowest BCUT2D eigenvalue weighted by molar-refractivity contribution is 0.584. The van der Waals surface area contributed by atoms with Crippen molar-refractivity contribution in [3.63, 3.8) is 0 Å². The molecule has 0 aromatic carbocycles. The Hall–Kier alpha value is -1.49. The minimum atomic E-state index is -3.39. The van der Waals surface area contributed by atoms with Gasteiger partial charge in [-0.3, -0.25) is 0 Å². The standard InChI is InChI=1S/C8H8N2O2S/c11-13(12,8-4-3-5-9-8)10-6-1-2-7-10/h1-7,9H. The van der Waals surface area contributed by atoms with E-state index in [-0.39, 0.29) is 5.03 Å². The summed E-state index contributed by atoms with van der Waals surface area (Å²) in [6.45, 7) is 0. The molecule has 68 valence electrons. The molecule has 4 nitrogen and oxygen atoms in total. The Bertz CT molecular complexity index is 428. The Labute approximate surface area is 75.9 Å². The first-order chi connectivity index (χ1) is 6.21. The van der Waals surface area contributed by atoms with Gasteiger partial charge in [0.25, 0.3) is 10.0 Å². The summed E-state index contributed by atoms with van der Waals surface area (Å²) >= 11 is 0. The minimum Gasteiger partial charge on any atom is -0.351 e. The van der Waals surface area contributed by atoms with Crippen LogP contribution in [-0.4, -0.2) is 17.4 Å². The molecular formula is C8H8N2O2S. The van der Waals surface area contributed by atoms with Crippen LogP contribution in [-0.2, 0) is 10.0 Å². The fourth-order valence-corrected chi connectivity index (χ4v) is 2.22. The summed E-state index contributed by atoms with van der Waals surface area (Å²) in [6.07, 6.45) is 4.57. The van der Waals surface area contributed by atoms with Crippen LogP contribution in [0.4, 0.5) is 0 Å². The second kappa shape index (κ2) is 2.77. The normalized spacial score (nSPS) is 11.7. The van der Waals surface area contributed by atoms with Gasteiger partial charge in [-0.05, 0) is 24.3 Å². The molecule has 0 saturated heterocycles.